The van der Waals surface area contributed by atoms with Gasteiger partial charge in [-0.2, -0.15) is 0 Å². The van der Waals surface area contributed by atoms with E-state index in [0.29, 0.717) is 6.54 Å². The fourth-order valence-electron chi connectivity index (χ4n) is 0.914. The highest BCUT2D eigenvalue weighted by Gasteiger charge is 2.07. The summed E-state index contributed by atoms with van der Waals surface area (Å²) in [5.74, 6) is -0.418. The number of hydrogen-bond acceptors (Lipinski definition) is 4. The van der Waals surface area contributed by atoms with Gasteiger partial charge in [0.1, 0.15) is 6.10 Å². The van der Waals surface area contributed by atoms with Gasteiger partial charge in [0, 0.05) is 11.4 Å². The van der Waals surface area contributed by atoms with Crippen LogP contribution in [-0.2, 0) is 4.79 Å². The van der Waals surface area contributed by atoms with Gasteiger partial charge in [0.25, 0.3) is 0 Å². The van der Waals surface area contributed by atoms with Crippen LogP contribution in [0.25, 0.3) is 0 Å². The van der Waals surface area contributed by atoms with Gasteiger partial charge >= 0.3 is 0 Å². The Labute approximate surface area is 80.4 Å². The molecule has 0 saturated carbocycles. The van der Waals surface area contributed by atoms with Gasteiger partial charge in [-0.05, 0) is 11.4 Å². The molecule has 0 spiro atoms. The monoisotopic (exact) mass is 200 g/mol. The van der Waals surface area contributed by atoms with E-state index in [9.17, 15) is 9.90 Å². The molecule has 4 N–H and O–H groups in total. The van der Waals surface area contributed by atoms with Crippen molar-refractivity contribution in [3.8, 4) is 0 Å². The van der Waals surface area contributed by atoms with Crippen LogP contribution in [0.3, 0.4) is 0 Å². The summed E-state index contributed by atoms with van der Waals surface area (Å²) in [7, 11) is 0. The molecule has 0 saturated heterocycles. The second kappa shape index (κ2) is 4.96. The van der Waals surface area contributed by atoms with Gasteiger partial charge in [-0.25, -0.2) is 0 Å². The molecule has 0 aliphatic rings. The van der Waals surface area contributed by atoms with E-state index in [1.807, 2.05) is 17.5 Å². The Bertz CT molecular complexity index is 261. The maximum atomic E-state index is 10.3. The standard InChI is InChI=1S/C8H12N2O2S/c9-8(12)5-10-4-6(11)7-2-1-3-13-7/h1-3,6,10-11H,4-5H2,(H2,9,12). The van der Waals surface area contributed by atoms with Crippen molar-refractivity contribution in [3.05, 3.63) is 22.4 Å². The number of primary amides is 1. The molecular weight excluding hydrogens is 188 g/mol. The lowest BCUT2D eigenvalue weighted by molar-refractivity contribution is -0.117. The van der Waals surface area contributed by atoms with Crippen molar-refractivity contribution in [2.45, 2.75) is 6.10 Å². The third-order valence-corrected chi connectivity index (χ3v) is 2.48. The highest BCUT2D eigenvalue weighted by Crippen LogP contribution is 2.17. The molecule has 4 nitrogen and oxygen atoms in total. The average molecular weight is 200 g/mol. The summed E-state index contributed by atoms with van der Waals surface area (Å²) in [6, 6.07) is 3.72. The van der Waals surface area contributed by atoms with Crippen LogP contribution < -0.4 is 11.1 Å². The SMILES string of the molecule is NC(=O)CNCC(O)c1cccs1. The van der Waals surface area contributed by atoms with E-state index in [1.54, 1.807) is 0 Å². The second-order valence-electron chi connectivity index (χ2n) is 2.63. The Morgan fingerprint density at radius 2 is 2.54 bits per heavy atom. The summed E-state index contributed by atoms with van der Waals surface area (Å²) in [5, 5.41) is 14.2. The largest absolute Gasteiger partial charge is 0.386 e. The van der Waals surface area contributed by atoms with Crippen LogP contribution in [-0.4, -0.2) is 24.1 Å². The first-order valence-corrected chi connectivity index (χ1v) is 4.78. The number of nitrogens with two attached hydrogens (primary N) is 1. The van der Waals surface area contributed by atoms with E-state index in [0.717, 1.165) is 4.88 Å². The third-order valence-electron chi connectivity index (χ3n) is 1.51. The van der Waals surface area contributed by atoms with E-state index < -0.39 is 12.0 Å². The Morgan fingerprint density at radius 3 is 3.08 bits per heavy atom. The van der Waals surface area contributed by atoms with E-state index in [-0.39, 0.29) is 6.54 Å². The number of thiophene rings is 1. The molecule has 1 heterocycles. The number of hydrogen-bond donors (Lipinski definition) is 3. The number of carbonyl (C=O) groups excluding carboxylic acids is 1. The quantitative estimate of drug-likeness (QED) is 0.619. The lowest BCUT2D eigenvalue weighted by Crippen LogP contribution is -2.31. The molecule has 0 radical (unpaired) electrons. The predicted octanol–water partition coefficient (Wildman–Crippen LogP) is -0.144. The van der Waals surface area contributed by atoms with E-state index in [4.69, 9.17) is 5.73 Å². The number of carbonyl (C=O) groups is 1. The van der Waals surface area contributed by atoms with Crippen molar-refractivity contribution in [2.24, 2.45) is 5.73 Å². The zero-order chi connectivity index (χ0) is 9.68. The summed E-state index contributed by atoms with van der Waals surface area (Å²) in [5.41, 5.74) is 4.92. The van der Waals surface area contributed by atoms with Gasteiger partial charge in [0.15, 0.2) is 0 Å². The van der Waals surface area contributed by atoms with Crippen LogP contribution in [0.15, 0.2) is 17.5 Å². The summed E-state index contributed by atoms with van der Waals surface area (Å²) in [6.45, 7) is 0.450. The molecule has 1 aromatic heterocycles. The number of nitrogens with one attached hydrogen (secondary N) is 1. The number of aliphatic hydroxyl groups is 1. The molecule has 0 aliphatic carbocycles. The van der Waals surface area contributed by atoms with Crippen LogP contribution in [0.2, 0.25) is 0 Å². The van der Waals surface area contributed by atoms with Crippen molar-refractivity contribution < 1.29 is 9.90 Å². The molecule has 5 heteroatoms. The van der Waals surface area contributed by atoms with Crippen LogP contribution in [0.4, 0.5) is 0 Å². The number of aliphatic hydroxyl groups excluding tert-OH is 1. The maximum absolute atomic E-state index is 10.3. The summed E-state index contributed by atoms with van der Waals surface area (Å²) in [6.07, 6.45) is -0.556. The van der Waals surface area contributed by atoms with Crippen LogP contribution in [0.1, 0.15) is 11.0 Å². The van der Waals surface area contributed by atoms with Gasteiger partial charge in [0.2, 0.25) is 5.91 Å². The topological polar surface area (TPSA) is 75.4 Å². The summed E-state index contributed by atoms with van der Waals surface area (Å²) >= 11 is 1.48. The second-order valence-corrected chi connectivity index (χ2v) is 3.61. The number of amides is 1. The number of rotatable bonds is 5. The van der Waals surface area contributed by atoms with Crippen LogP contribution in [0, 0.1) is 0 Å². The first kappa shape index (κ1) is 10.2. The molecule has 0 fully saturated rings. The van der Waals surface area contributed by atoms with Gasteiger partial charge in [0.05, 0.1) is 6.54 Å². The molecule has 0 aromatic carbocycles. The fraction of sp³-hybridized carbons (Fsp3) is 0.375. The Morgan fingerprint density at radius 1 is 1.77 bits per heavy atom. The third kappa shape index (κ3) is 3.54. The van der Waals surface area contributed by atoms with E-state index >= 15 is 0 Å². The lowest BCUT2D eigenvalue weighted by Gasteiger charge is -2.08. The highest BCUT2D eigenvalue weighted by atomic mass is 32.1. The van der Waals surface area contributed by atoms with Crippen LogP contribution in [0.5, 0.6) is 0 Å². The van der Waals surface area contributed by atoms with Gasteiger partial charge < -0.3 is 16.2 Å². The maximum Gasteiger partial charge on any atom is 0.231 e. The minimum atomic E-state index is -0.556. The van der Waals surface area contributed by atoms with Gasteiger partial charge in [-0.3, -0.25) is 4.79 Å². The summed E-state index contributed by atoms with van der Waals surface area (Å²) in [4.78, 5) is 11.2. The van der Waals surface area contributed by atoms with E-state index in [2.05, 4.69) is 5.32 Å². The molecular formula is C8H12N2O2S. The molecule has 1 unspecified atom stereocenters. The van der Waals surface area contributed by atoms with Crippen molar-refractivity contribution in [2.75, 3.05) is 13.1 Å². The first-order valence-electron chi connectivity index (χ1n) is 3.90. The zero-order valence-electron chi connectivity index (χ0n) is 7.06. The predicted molar refractivity (Wildman–Crippen MR) is 51.3 cm³/mol. The normalized spacial score (nSPS) is 12.7. The molecule has 0 bridgehead atoms. The molecule has 72 valence electrons. The Balaban J connectivity index is 2.26. The fourth-order valence-corrected chi connectivity index (χ4v) is 1.63. The molecule has 1 amide bonds. The van der Waals surface area contributed by atoms with Crippen molar-refractivity contribution in [1.82, 2.24) is 5.32 Å². The molecule has 13 heavy (non-hydrogen) atoms. The minimum Gasteiger partial charge on any atom is -0.386 e. The van der Waals surface area contributed by atoms with Crippen molar-refractivity contribution >= 4 is 17.2 Å². The Kier molecular flexibility index (Phi) is 3.88. The average Bonchev–Trinajstić information content (AvgIpc) is 2.55. The van der Waals surface area contributed by atoms with Gasteiger partial charge in [-0.15, -0.1) is 11.3 Å². The molecule has 1 aromatic rings. The molecule has 1 atom stereocenters. The smallest absolute Gasteiger partial charge is 0.231 e. The van der Waals surface area contributed by atoms with Crippen LogP contribution >= 0.6 is 11.3 Å². The van der Waals surface area contributed by atoms with Crippen molar-refractivity contribution in [3.63, 3.8) is 0 Å². The highest BCUT2D eigenvalue weighted by molar-refractivity contribution is 7.10. The lowest BCUT2D eigenvalue weighted by atomic mass is 10.3. The van der Waals surface area contributed by atoms with E-state index in [1.165, 1.54) is 11.3 Å². The zero-order valence-corrected chi connectivity index (χ0v) is 7.88. The molecule has 0 aliphatic heterocycles. The summed E-state index contributed by atoms with van der Waals surface area (Å²) < 4.78 is 0. The van der Waals surface area contributed by atoms with Gasteiger partial charge in [-0.1, -0.05) is 6.07 Å². The first-order chi connectivity index (χ1) is 6.20. The minimum absolute atomic E-state index is 0.0996. The molecule has 1 rings (SSSR count). The Hall–Kier alpha value is -0.910. The van der Waals surface area contributed by atoms with Crippen molar-refractivity contribution in [1.29, 1.82) is 0 Å².